The van der Waals surface area contributed by atoms with E-state index in [2.05, 4.69) is 15.3 Å². The molecule has 2 unspecified atom stereocenters. The third-order valence-electron chi connectivity index (χ3n) is 2.50. The van der Waals surface area contributed by atoms with Gasteiger partial charge >= 0.3 is 0 Å². The lowest BCUT2D eigenvalue weighted by molar-refractivity contribution is -0.117. The van der Waals surface area contributed by atoms with E-state index < -0.39 is 0 Å². The van der Waals surface area contributed by atoms with Crippen LogP contribution in [0.1, 0.15) is 19.0 Å². The molecule has 2 atom stereocenters. The molecule has 1 saturated carbocycles. The number of nitrogens with zero attached hydrogens (tertiary/aromatic N) is 2. The van der Waals surface area contributed by atoms with Crippen LogP contribution in [0.5, 0.6) is 0 Å². The standard InChI is InChI=1S/C10H12ClN3O/c1-5-3-7(5)9(15)14-10-12-6(2)4-8(11)13-10/h4-5,7H,3H2,1-2H3,(H,12,13,14,15). The summed E-state index contributed by atoms with van der Waals surface area (Å²) in [6.45, 7) is 3.86. The first-order valence-corrected chi connectivity index (χ1v) is 5.26. The Labute approximate surface area is 93.1 Å². The summed E-state index contributed by atoms with van der Waals surface area (Å²) >= 11 is 5.76. The molecule has 0 aromatic carbocycles. The lowest BCUT2D eigenvalue weighted by Crippen LogP contribution is -2.16. The number of hydrogen-bond donors (Lipinski definition) is 1. The van der Waals surface area contributed by atoms with Crippen LogP contribution >= 0.6 is 11.6 Å². The number of hydrogen-bond acceptors (Lipinski definition) is 3. The van der Waals surface area contributed by atoms with Crippen molar-refractivity contribution in [2.75, 3.05) is 5.32 Å². The first-order chi connectivity index (χ1) is 7.06. The lowest BCUT2D eigenvalue weighted by atomic mass is 10.3. The predicted octanol–water partition coefficient (Wildman–Crippen LogP) is 2.03. The molecule has 0 bridgehead atoms. The maximum atomic E-state index is 11.6. The van der Waals surface area contributed by atoms with Crippen LogP contribution in [0.4, 0.5) is 5.95 Å². The molecule has 0 spiro atoms. The Morgan fingerprint density at radius 2 is 2.27 bits per heavy atom. The Morgan fingerprint density at radius 3 is 2.80 bits per heavy atom. The van der Waals surface area contributed by atoms with Crippen LogP contribution in [0.2, 0.25) is 5.15 Å². The van der Waals surface area contributed by atoms with E-state index in [4.69, 9.17) is 11.6 Å². The molecule has 2 rings (SSSR count). The van der Waals surface area contributed by atoms with Crippen molar-refractivity contribution in [2.45, 2.75) is 20.3 Å². The molecule has 1 heterocycles. The molecule has 1 aliphatic carbocycles. The second-order valence-corrected chi connectivity index (χ2v) is 4.35. The number of aryl methyl sites for hydroxylation is 1. The Kier molecular flexibility index (Phi) is 2.61. The third-order valence-corrected chi connectivity index (χ3v) is 2.70. The summed E-state index contributed by atoms with van der Waals surface area (Å²) < 4.78 is 0. The minimum absolute atomic E-state index is 0.0100. The number of nitrogens with one attached hydrogen (secondary N) is 1. The predicted molar refractivity (Wildman–Crippen MR) is 57.7 cm³/mol. The highest BCUT2D eigenvalue weighted by Crippen LogP contribution is 2.38. The molecule has 0 aliphatic heterocycles. The minimum atomic E-state index is -0.0100. The molecule has 1 fully saturated rings. The van der Waals surface area contributed by atoms with E-state index in [1.807, 2.05) is 13.8 Å². The van der Waals surface area contributed by atoms with Crippen molar-refractivity contribution < 1.29 is 4.79 Å². The normalized spacial score (nSPS) is 23.7. The van der Waals surface area contributed by atoms with E-state index in [0.29, 0.717) is 17.0 Å². The van der Waals surface area contributed by atoms with E-state index in [9.17, 15) is 4.79 Å². The van der Waals surface area contributed by atoms with Gasteiger partial charge in [0.05, 0.1) is 0 Å². The molecule has 5 heteroatoms. The summed E-state index contributed by atoms with van der Waals surface area (Å²) in [7, 11) is 0. The fourth-order valence-electron chi connectivity index (χ4n) is 1.48. The van der Waals surface area contributed by atoms with Gasteiger partial charge in [0.15, 0.2) is 0 Å². The minimum Gasteiger partial charge on any atom is -0.294 e. The van der Waals surface area contributed by atoms with Crippen molar-refractivity contribution in [3.8, 4) is 0 Å². The van der Waals surface area contributed by atoms with Crippen molar-refractivity contribution in [3.63, 3.8) is 0 Å². The summed E-state index contributed by atoms with van der Waals surface area (Å²) in [4.78, 5) is 19.6. The highest BCUT2D eigenvalue weighted by molar-refractivity contribution is 6.29. The van der Waals surface area contributed by atoms with Gasteiger partial charge in [-0.05, 0) is 25.3 Å². The van der Waals surface area contributed by atoms with Gasteiger partial charge in [0, 0.05) is 11.6 Å². The van der Waals surface area contributed by atoms with Crippen molar-refractivity contribution in [3.05, 3.63) is 16.9 Å². The van der Waals surface area contributed by atoms with Gasteiger partial charge in [-0.1, -0.05) is 18.5 Å². The monoisotopic (exact) mass is 225 g/mol. The maximum absolute atomic E-state index is 11.6. The van der Waals surface area contributed by atoms with E-state index in [1.54, 1.807) is 6.07 Å². The number of carbonyl (C=O) groups is 1. The fourth-order valence-corrected chi connectivity index (χ4v) is 1.71. The van der Waals surface area contributed by atoms with E-state index in [1.165, 1.54) is 0 Å². The number of carbonyl (C=O) groups excluding carboxylic acids is 1. The van der Waals surface area contributed by atoms with Gasteiger partial charge in [-0.25, -0.2) is 9.97 Å². The van der Waals surface area contributed by atoms with Crippen LogP contribution in [0.25, 0.3) is 0 Å². The number of amides is 1. The molecule has 4 nitrogen and oxygen atoms in total. The Morgan fingerprint density at radius 1 is 1.60 bits per heavy atom. The zero-order valence-corrected chi connectivity index (χ0v) is 9.38. The van der Waals surface area contributed by atoms with Crippen LogP contribution < -0.4 is 5.32 Å². The molecule has 1 N–H and O–H groups in total. The number of rotatable bonds is 2. The maximum Gasteiger partial charge on any atom is 0.231 e. The molecule has 15 heavy (non-hydrogen) atoms. The number of anilines is 1. The zero-order chi connectivity index (χ0) is 11.0. The quantitative estimate of drug-likeness (QED) is 0.784. The number of halogens is 1. The first-order valence-electron chi connectivity index (χ1n) is 4.88. The highest BCUT2D eigenvalue weighted by Gasteiger charge is 2.39. The summed E-state index contributed by atoms with van der Waals surface area (Å²) in [5.74, 6) is 0.881. The molecular formula is C10H12ClN3O. The van der Waals surface area contributed by atoms with Crippen LogP contribution in [-0.2, 0) is 4.79 Å². The van der Waals surface area contributed by atoms with Crippen molar-refractivity contribution in [1.29, 1.82) is 0 Å². The van der Waals surface area contributed by atoms with Crippen molar-refractivity contribution in [1.82, 2.24) is 9.97 Å². The van der Waals surface area contributed by atoms with Crippen LogP contribution in [0.3, 0.4) is 0 Å². The van der Waals surface area contributed by atoms with Crippen LogP contribution in [0, 0.1) is 18.8 Å². The van der Waals surface area contributed by atoms with Gasteiger partial charge in [-0.2, -0.15) is 0 Å². The molecule has 1 aliphatic rings. The van der Waals surface area contributed by atoms with Gasteiger partial charge < -0.3 is 0 Å². The van der Waals surface area contributed by atoms with Crippen molar-refractivity contribution in [2.24, 2.45) is 11.8 Å². The average molecular weight is 226 g/mol. The molecule has 0 saturated heterocycles. The second-order valence-electron chi connectivity index (χ2n) is 3.96. The summed E-state index contributed by atoms with van der Waals surface area (Å²) in [6, 6.07) is 1.65. The topological polar surface area (TPSA) is 54.9 Å². The fraction of sp³-hybridized carbons (Fsp3) is 0.500. The summed E-state index contributed by atoms with van der Waals surface area (Å²) in [5.41, 5.74) is 0.745. The smallest absolute Gasteiger partial charge is 0.231 e. The van der Waals surface area contributed by atoms with Gasteiger partial charge in [-0.3, -0.25) is 10.1 Å². The van der Waals surface area contributed by atoms with Crippen LogP contribution in [0.15, 0.2) is 6.07 Å². The highest BCUT2D eigenvalue weighted by atomic mass is 35.5. The van der Waals surface area contributed by atoms with Crippen molar-refractivity contribution >= 4 is 23.5 Å². The lowest BCUT2D eigenvalue weighted by Gasteiger charge is -2.03. The molecule has 0 radical (unpaired) electrons. The SMILES string of the molecule is Cc1cc(Cl)nc(NC(=O)C2CC2C)n1. The van der Waals surface area contributed by atoms with Gasteiger partial charge in [0.1, 0.15) is 5.15 Å². The summed E-state index contributed by atoms with van der Waals surface area (Å²) in [6.07, 6.45) is 0.950. The molecule has 1 aromatic heterocycles. The molecular weight excluding hydrogens is 214 g/mol. The molecule has 1 aromatic rings. The van der Waals surface area contributed by atoms with E-state index >= 15 is 0 Å². The first kappa shape index (κ1) is 10.4. The van der Waals surface area contributed by atoms with Crippen LogP contribution in [-0.4, -0.2) is 15.9 Å². The van der Waals surface area contributed by atoms with E-state index in [0.717, 1.165) is 12.1 Å². The van der Waals surface area contributed by atoms with Gasteiger partial charge in [-0.15, -0.1) is 0 Å². The summed E-state index contributed by atoms with van der Waals surface area (Å²) in [5, 5.41) is 3.02. The number of aromatic nitrogens is 2. The third kappa shape index (κ3) is 2.45. The van der Waals surface area contributed by atoms with Gasteiger partial charge in [0.2, 0.25) is 11.9 Å². The van der Waals surface area contributed by atoms with E-state index in [-0.39, 0.29) is 11.8 Å². The average Bonchev–Trinajstić information content (AvgIpc) is 2.80. The largest absolute Gasteiger partial charge is 0.294 e. The van der Waals surface area contributed by atoms with Gasteiger partial charge in [0.25, 0.3) is 0 Å². The molecule has 1 amide bonds. The Bertz CT molecular complexity index is 387. The Hall–Kier alpha value is -1.16. The Balaban J connectivity index is 2.07. The second kappa shape index (κ2) is 3.77. The zero-order valence-electron chi connectivity index (χ0n) is 8.62. The molecule has 80 valence electrons.